The zero-order chi connectivity index (χ0) is 22.7. The number of hydrogen-bond acceptors (Lipinski definition) is 7. The van der Waals surface area contributed by atoms with E-state index >= 15 is 0 Å². The van der Waals surface area contributed by atoms with Crippen LogP contribution in [0.4, 0.5) is 5.69 Å². The first kappa shape index (κ1) is 21.1. The highest BCUT2D eigenvalue weighted by molar-refractivity contribution is 5.94. The number of anilines is 1. The Balaban J connectivity index is 1.54. The van der Waals surface area contributed by atoms with Gasteiger partial charge in [0, 0.05) is 17.8 Å². The predicted octanol–water partition coefficient (Wildman–Crippen LogP) is 2.94. The number of ether oxygens (including phenoxy) is 2. The first-order valence-corrected chi connectivity index (χ1v) is 9.88. The lowest BCUT2D eigenvalue weighted by atomic mass is 10.0. The topological polar surface area (TPSA) is 108 Å². The van der Waals surface area contributed by atoms with E-state index in [-0.39, 0.29) is 17.9 Å². The van der Waals surface area contributed by atoms with Gasteiger partial charge in [-0.3, -0.25) is 4.79 Å². The van der Waals surface area contributed by atoms with Crippen LogP contribution in [0.25, 0.3) is 11.0 Å². The minimum absolute atomic E-state index is 0.125. The van der Waals surface area contributed by atoms with Gasteiger partial charge in [-0.05, 0) is 30.2 Å². The molecule has 2 aromatic carbocycles. The maximum Gasteiger partial charge on any atom is 0.340 e. The van der Waals surface area contributed by atoms with E-state index < -0.39 is 5.63 Å². The summed E-state index contributed by atoms with van der Waals surface area (Å²) in [5, 5.41) is 7.52. The summed E-state index contributed by atoms with van der Waals surface area (Å²) in [5.41, 5.74) is 2.33. The van der Waals surface area contributed by atoms with Gasteiger partial charge >= 0.3 is 5.63 Å². The highest BCUT2D eigenvalue weighted by Crippen LogP contribution is 2.33. The van der Waals surface area contributed by atoms with Crippen molar-refractivity contribution >= 4 is 22.6 Å². The second kappa shape index (κ2) is 8.93. The van der Waals surface area contributed by atoms with Crippen molar-refractivity contribution in [3.63, 3.8) is 0 Å². The lowest BCUT2D eigenvalue weighted by Crippen LogP contribution is -2.20. The number of nitrogens with one attached hydrogen (secondary N) is 1. The normalized spacial score (nSPS) is 10.8. The van der Waals surface area contributed by atoms with E-state index in [1.165, 1.54) is 20.5 Å². The Hall–Kier alpha value is -4.14. The van der Waals surface area contributed by atoms with Crippen molar-refractivity contribution < 1.29 is 18.7 Å². The van der Waals surface area contributed by atoms with Crippen molar-refractivity contribution in [2.75, 3.05) is 19.5 Å². The first-order valence-electron chi connectivity index (χ1n) is 9.88. The summed E-state index contributed by atoms with van der Waals surface area (Å²) < 4.78 is 17.8. The van der Waals surface area contributed by atoms with E-state index in [0.717, 1.165) is 5.56 Å². The number of aromatic nitrogens is 3. The van der Waals surface area contributed by atoms with E-state index in [4.69, 9.17) is 13.9 Å². The SMILES string of the molecule is COc1cc(OC)c2c(C)c(CC(=O)Nc3ccc(Cn4cncn4)cc3)c(=O)oc2c1. The Labute approximate surface area is 183 Å². The largest absolute Gasteiger partial charge is 0.496 e. The van der Waals surface area contributed by atoms with Crippen molar-refractivity contribution in [2.45, 2.75) is 19.9 Å². The maximum atomic E-state index is 12.7. The first-order chi connectivity index (χ1) is 15.5. The molecule has 32 heavy (non-hydrogen) atoms. The molecule has 9 nitrogen and oxygen atoms in total. The summed E-state index contributed by atoms with van der Waals surface area (Å²) in [6.45, 7) is 2.36. The van der Waals surface area contributed by atoms with Crippen LogP contribution in [0.1, 0.15) is 16.7 Å². The number of fused-ring (bicyclic) bond motifs is 1. The molecule has 0 saturated heterocycles. The predicted molar refractivity (Wildman–Crippen MR) is 118 cm³/mol. The monoisotopic (exact) mass is 434 g/mol. The van der Waals surface area contributed by atoms with Crippen LogP contribution >= 0.6 is 0 Å². The smallest absolute Gasteiger partial charge is 0.340 e. The second-order valence-electron chi connectivity index (χ2n) is 7.21. The van der Waals surface area contributed by atoms with Crippen LogP contribution in [0, 0.1) is 6.92 Å². The molecular formula is C23H22N4O5. The van der Waals surface area contributed by atoms with Gasteiger partial charge in [0.05, 0.1) is 38.1 Å². The molecule has 0 saturated carbocycles. The molecule has 0 aliphatic rings. The second-order valence-corrected chi connectivity index (χ2v) is 7.21. The molecule has 1 amide bonds. The Bertz CT molecular complexity index is 1310. The van der Waals surface area contributed by atoms with Gasteiger partial charge in [-0.25, -0.2) is 14.5 Å². The molecule has 4 rings (SSSR count). The number of nitrogens with zero attached hydrogens (tertiary/aromatic N) is 3. The van der Waals surface area contributed by atoms with Crippen molar-refractivity contribution in [2.24, 2.45) is 0 Å². The number of rotatable bonds is 7. The van der Waals surface area contributed by atoms with Gasteiger partial charge in [0.1, 0.15) is 29.7 Å². The van der Waals surface area contributed by atoms with Gasteiger partial charge in [-0.15, -0.1) is 0 Å². The average molecular weight is 434 g/mol. The van der Waals surface area contributed by atoms with Crippen LogP contribution in [0.15, 0.2) is 58.3 Å². The van der Waals surface area contributed by atoms with E-state index in [1.54, 1.807) is 42.2 Å². The quantitative estimate of drug-likeness (QED) is 0.446. The molecule has 0 fully saturated rings. The van der Waals surface area contributed by atoms with Crippen LogP contribution in [0.2, 0.25) is 0 Å². The van der Waals surface area contributed by atoms with Crippen molar-refractivity contribution in [3.05, 3.63) is 76.2 Å². The van der Waals surface area contributed by atoms with E-state index in [1.807, 2.05) is 12.1 Å². The summed E-state index contributed by atoms with van der Waals surface area (Å²) in [5.74, 6) is 0.691. The van der Waals surface area contributed by atoms with Gasteiger partial charge in [0.15, 0.2) is 0 Å². The summed E-state index contributed by atoms with van der Waals surface area (Å²) in [4.78, 5) is 29.2. The molecule has 4 aromatic rings. The number of amides is 1. The van der Waals surface area contributed by atoms with Gasteiger partial charge < -0.3 is 19.2 Å². The van der Waals surface area contributed by atoms with E-state index in [9.17, 15) is 9.59 Å². The Kier molecular flexibility index (Phi) is 5.89. The Morgan fingerprint density at radius 3 is 2.59 bits per heavy atom. The third-order valence-corrected chi connectivity index (χ3v) is 5.16. The summed E-state index contributed by atoms with van der Waals surface area (Å²) >= 11 is 0. The molecule has 0 spiro atoms. The number of benzene rings is 2. The van der Waals surface area contributed by atoms with Gasteiger partial charge in [0.25, 0.3) is 0 Å². The molecule has 0 aliphatic carbocycles. The highest BCUT2D eigenvalue weighted by Gasteiger charge is 2.19. The van der Waals surface area contributed by atoms with Crippen molar-refractivity contribution in [1.29, 1.82) is 0 Å². The fourth-order valence-corrected chi connectivity index (χ4v) is 3.53. The molecule has 0 aliphatic heterocycles. The van der Waals surface area contributed by atoms with Crippen LogP contribution in [-0.4, -0.2) is 34.9 Å². The molecule has 2 heterocycles. The molecule has 164 valence electrons. The molecule has 0 radical (unpaired) electrons. The molecule has 9 heteroatoms. The minimum Gasteiger partial charge on any atom is -0.496 e. The number of methoxy groups -OCH3 is 2. The van der Waals surface area contributed by atoms with Crippen LogP contribution in [-0.2, 0) is 17.8 Å². The van der Waals surface area contributed by atoms with E-state index in [0.29, 0.717) is 40.3 Å². The lowest BCUT2D eigenvalue weighted by molar-refractivity contribution is -0.115. The third kappa shape index (κ3) is 4.31. The fraction of sp³-hybridized carbons (Fsp3) is 0.217. The molecular weight excluding hydrogens is 412 g/mol. The fourth-order valence-electron chi connectivity index (χ4n) is 3.53. The summed E-state index contributed by atoms with van der Waals surface area (Å²) in [6.07, 6.45) is 2.99. The van der Waals surface area contributed by atoms with Crippen LogP contribution in [0.5, 0.6) is 11.5 Å². The number of aryl methyl sites for hydroxylation is 1. The minimum atomic E-state index is -0.566. The Morgan fingerprint density at radius 2 is 1.94 bits per heavy atom. The standard InChI is InChI=1S/C23H22N4O5/c1-14-18(23(29)32-20-9-17(30-2)8-19(31-3)22(14)20)10-21(28)26-16-6-4-15(5-7-16)11-27-13-24-12-25-27/h4-9,12-13H,10-11H2,1-3H3,(H,26,28). The maximum absolute atomic E-state index is 12.7. The van der Waals surface area contributed by atoms with Gasteiger partial charge in [0.2, 0.25) is 5.91 Å². The molecule has 0 atom stereocenters. The van der Waals surface area contributed by atoms with E-state index in [2.05, 4.69) is 15.4 Å². The Morgan fingerprint density at radius 1 is 1.16 bits per heavy atom. The van der Waals surface area contributed by atoms with Crippen molar-refractivity contribution in [1.82, 2.24) is 14.8 Å². The molecule has 0 unspecified atom stereocenters. The van der Waals surface area contributed by atoms with Crippen LogP contribution in [0.3, 0.4) is 0 Å². The number of carbonyl (C=O) groups excluding carboxylic acids is 1. The molecule has 1 N–H and O–H groups in total. The third-order valence-electron chi connectivity index (χ3n) is 5.16. The van der Waals surface area contributed by atoms with Gasteiger partial charge in [-0.2, -0.15) is 5.10 Å². The highest BCUT2D eigenvalue weighted by atomic mass is 16.5. The number of hydrogen-bond donors (Lipinski definition) is 1. The average Bonchev–Trinajstić information content (AvgIpc) is 3.30. The molecule has 2 aromatic heterocycles. The van der Waals surface area contributed by atoms with Crippen molar-refractivity contribution in [3.8, 4) is 11.5 Å². The summed E-state index contributed by atoms with van der Waals surface area (Å²) in [7, 11) is 3.04. The zero-order valence-corrected chi connectivity index (χ0v) is 17.9. The lowest BCUT2D eigenvalue weighted by Gasteiger charge is -2.13. The van der Waals surface area contributed by atoms with Gasteiger partial charge in [-0.1, -0.05) is 12.1 Å². The molecule has 0 bridgehead atoms. The van der Waals surface area contributed by atoms with Crippen LogP contribution < -0.4 is 20.4 Å². The summed E-state index contributed by atoms with van der Waals surface area (Å²) in [6, 6.07) is 10.7. The number of carbonyl (C=O) groups is 1. The zero-order valence-electron chi connectivity index (χ0n) is 17.9.